The molecule has 0 unspecified atom stereocenters. The van der Waals surface area contributed by atoms with Crippen molar-refractivity contribution in [2.45, 2.75) is 85.6 Å². The number of hydrogen-bond acceptors (Lipinski definition) is 27. The van der Waals surface area contributed by atoms with Gasteiger partial charge < -0.3 is 48.4 Å². The molecule has 0 saturated carbocycles. The monoisotopic (exact) mass is 1760 g/mol. The molecule has 0 saturated heterocycles. The highest BCUT2D eigenvalue weighted by molar-refractivity contribution is 7.88. The van der Waals surface area contributed by atoms with Gasteiger partial charge in [0, 0.05) is 60.0 Å². The maximum atomic E-state index is 12.9. The molecule has 0 radical (unpaired) electrons. The zero-order valence-corrected chi connectivity index (χ0v) is 69.9. The average molecular weight is 1760 g/mol. The normalized spacial score (nSPS) is 10.7. The third-order valence-corrected chi connectivity index (χ3v) is 18.8. The molecular formula is C91H83F3N10O22S. The Labute approximate surface area is 720 Å². The van der Waals surface area contributed by atoms with E-state index in [1.807, 2.05) is 149 Å². The van der Waals surface area contributed by atoms with Crippen molar-refractivity contribution in [1.29, 1.82) is 0 Å². The summed E-state index contributed by atoms with van der Waals surface area (Å²) in [5, 5.41) is 31.5. The minimum atomic E-state index is -6.22. The number of benzene rings is 5. The number of pyridine rings is 10. The van der Waals surface area contributed by atoms with Crippen LogP contribution in [-0.2, 0) is 57.0 Å². The molecular weight excluding hydrogens is 1670 g/mol. The standard InChI is InChI=1S/C18H13F3N2O7S.C18H16N2O4.C17H14N2O5.2C17H14N2O3.2C2H6/c1-28-17(25)13-14(30-31(26,27)18(19,20)21)12-8-5-9-22-15(12)23(16(13)24)29-10-11-6-3-2-4-7-11;1-2-23-18(22)15-11-14-9-6-10-19-16(14)20(17(15)21)24-12-13-7-4-3-5-8-13;1-23-17(22)13-14(20)12-8-5-9-18-15(12)19(16(13)21)24-10-11-6-3-2-4-7-11;2*20-15(9-8-12-5-2-1-3-6-12)14-11-13-7-4-10-18-16(13)19(22)17(14)21;2*1-2/h2-9H,10H2,1H3;3-11H,2,12H2,1H3;2-9,20H,10H2,1H3;2*1-7,10-11,22H,8-9H2;2*1-2H3. The van der Waals surface area contributed by atoms with Crippen LogP contribution in [-0.4, -0.2) is 128 Å². The summed E-state index contributed by atoms with van der Waals surface area (Å²) < 4.78 is 83.3. The molecule has 0 amide bonds. The van der Waals surface area contributed by atoms with Crippen molar-refractivity contribution in [1.82, 2.24) is 48.6 Å². The zero-order chi connectivity index (χ0) is 91.9. The highest BCUT2D eigenvalue weighted by Gasteiger charge is 2.50. The third kappa shape index (κ3) is 23.6. The molecule has 5 aromatic carbocycles. The fraction of sp³-hybridized carbons (Fsp3) is 0.176. The summed E-state index contributed by atoms with van der Waals surface area (Å²) in [6, 6.07) is 66.5. The van der Waals surface area contributed by atoms with Gasteiger partial charge in [0.25, 0.3) is 16.7 Å². The van der Waals surface area contributed by atoms with Gasteiger partial charge >= 0.3 is 44.7 Å². The number of Topliss-reactive ketones (excluding diaryl/α,β-unsaturated/α-hetero) is 2. The van der Waals surface area contributed by atoms with Crippen molar-refractivity contribution >= 4 is 94.8 Å². The van der Waals surface area contributed by atoms with E-state index in [-0.39, 0.29) is 95.5 Å². The number of ether oxygens (including phenoxy) is 3. The van der Waals surface area contributed by atoms with Crippen molar-refractivity contribution in [3.05, 3.63) is 369 Å². The number of alkyl halides is 3. The number of ketones is 2. The lowest BCUT2D eigenvalue weighted by Gasteiger charge is -2.17. The second kappa shape index (κ2) is 45.2. The molecule has 15 aromatic rings. The van der Waals surface area contributed by atoms with E-state index in [2.05, 4.69) is 38.6 Å². The van der Waals surface area contributed by atoms with Gasteiger partial charge in [0.05, 0.1) is 42.7 Å². The molecule has 0 aliphatic carbocycles. The van der Waals surface area contributed by atoms with E-state index in [0.29, 0.717) is 54.4 Å². The summed E-state index contributed by atoms with van der Waals surface area (Å²) in [4.78, 5) is 160. The molecule has 0 spiro atoms. The highest BCUT2D eigenvalue weighted by Crippen LogP contribution is 2.34. The number of carbonyl (C=O) groups excluding carboxylic acids is 5. The smallest absolute Gasteiger partial charge is 0.506 e. The van der Waals surface area contributed by atoms with E-state index in [1.165, 1.54) is 55.1 Å². The van der Waals surface area contributed by atoms with Crippen molar-refractivity contribution < 1.29 is 94.0 Å². The summed E-state index contributed by atoms with van der Waals surface area (Å²) in [6.07, 6.45) is 8.69. The Balaban J connectivity index is 0.000000178. The van der Waals surface area contributed by atoms with Crippen LogP contribution in [0, 0.1) is 0 Å². The van der Waals surface area contributed by atoms with Gasteiger partial charge in [-0.2, -0.15) is 21.6 Å². The lowest BCUT2D eigenvalue weighted by atomic mass is 10.0. The Kier molecular flexibility index (Phi) is 33.8. The lowest BCUT2D eigenvalue weighted by Crippen LogP contribution is -2.35. The van der Waals surface area contributed by atoms with Crippen molar-refractivity contribution in [3.63, 3.8) is 0 Å². The number of fused-ring (bicyclic) bond motifs is 5. The molecule has 10 heterocycles. The molecule has 0 bridgehead atoms. The quantitative estimate of drug-likeness (QED) is 0.0134. The lowest BCUT2D eigenvalue weighted by molar-refractivity contribution is -0.0500. The van der Waals surface area contributed by atoms with Gasteiger partial charge in [0.1, 0.15) is 31.1 Å². The van der Waals surface area contributed by atoms with Gasteiger partial charge in [-0.25, -0.2) is 39.3 Å². The van der Waals surface area contributed by atoms with E-state index in [0.717, 1.165) is 52.0 Å². The molecule has 32 nitrogen and oxygen atoms in total. The van der Waals surface area contributed by atoms with Gasteiger partial charge in [-0.05, 0) is 126 Å². The second-order valence-electron chi connectivity index (χ2n) is 25.9. The topological polar surface area (TPSA) is 419 Å². The van der Waals surface area contributed by atoms with Crippen molar-refractivity contribution in [2.24, 2.45) is 0 Å². The molecule has 127 heavy (non-hydrogen) atoms. The van der Waals surface area contributed by atoms with Gasteiger partial charge in [0.15, 0.2) is 56.7 Å². The number of nitrogens with zero attached hydrogens (tertiary/aromatic N) is 10. The van der Waals surface area contributed by atoms with Gasteiger partial charge in [-0.3, -0.25) is 33.6 Å². The van der Waals surface area contributed by atoms with E-state index < -0.39 is 89.3 Å². The Morgan fingerprint density at radius 2 is 0.717 bits per heavy atom. The fourth-order valence-electron chi connectivity index (χ4n) is 11.9. The summed E-state index contributed by atoms with van der Waals surface area (Å²) in [5.74, 6) is -5.28. The largest absolute Gasteiger partial charge is 0.534 e. The highest BCUT2D eigenvalue weighted by atomic mass is 32.2. The van der Waals surface area contributed by atoms with E-state index in [9.17, 15) is 85.1 Å². The molecule has 36 heteroatoms. The first-order valence-electron chi connectivity index (χ1n) is 38.9. The maximum Gasteiger partial charge on any atom is 0.534 e. The summed E-state index contributed by atoms with van der Waals surface area (Å²) >= 11 is 0. The molecule has 0 fully saturated rings. The minimum absolute atomic E-state index is 0.0149. The van der Waals surface area contributed by atoms with Crippen molar-refractivity contribution in [3.8, 4) is 11.5 Å². The van der Waals surface area contributed by atoms with Crippen LogP contribution >= 0.6 is 0 Å². The van der Waals surface area contributed by atoms with Gasteiger partial charge in [0.2, 0.25) is 0 Å². The van der Waals surface area contributed by atoms with E-state index >= 15 is 0 Å². The summed E-state index contributed by atoms with van der Waals surface area (Å²) in [6.45, 7) is 9.98. The molecule has 3 N–H and O–H groups in total. The SMILES string of the molecule is CC.CC.CCOC(=O)c1cc2cccnc2n(OCc2ccccc2)c1=O.COC(=O)c1c(O)c2cccnc2n(OCc2ccccc2)c1=O.COC(=O)c1c(OS(=O)(=O)C(F)(F)F)c2cccnc2n(OCc2ccccc2)c1=O.O=C(CCc1ccccc1)c1cc2cccnc2n(O)c1=O.O=C(CCc1ccccc1)c1cc2cccnc2n(O)c1=O. The predicted molar refractivity (Wildman–Crippen MR) is 461 cm³/mol. The molecule has 0 atom stereocenters. The first-order valence-corrected chi connectivity index (χ1v) is 40.3. The number of halogens is 3. The van der Waals surface area contributed by atoms with Crippen molar-refractivity contribution in [2.75, 3.05) is 20.8 Å². The van der Waals surface area contributed by atoms with Crippen LogP contribution in [0.5, 0.6) is 11.5 Å². The van der Waals surface area contributed by atoms with Crippen LogP contribution in [0.4, 0.5) is 13.2 Å². The van der Waals surface area contributed by atoms with E-state index in [1.54, 1.807) is 85.9 Å². The maximum absolute atomic E-state index is 12.9. The van der Waals surface area contributed by atoms with Crippen LogP contribution in [0.2, 0.25) is 0 Å². The van der Waals surface area contributed by atoms with Gasteiger partial charge in [-0.15, -0.1) is 23.7 Å². The molecule has 0 aliphatic heterocycles. The predicted octanol–water partition coefficient (Wildman–Crippen LogP) is 12.7. The Hall–Kier alpha value is -16.0. The number of hydrogen-bond donors (Lipinski definition) is 3. The van der Waals surface area contributed by atoms with Crippen LogP contribution in [0.3, 0.4) is 0 Å². The average Bonchev–Trinajstić information content (AvgIpc) is 0.752. The molecule has 10 aromatic heterocycles. The zero-order valence-electron chi connectivity index (χ0n) is 69.1. The Morgan fingerprint density at radius 3 is 1.10 bits per heavy atom. The minimum Gasteiger partial charge on any atom is -0.506 e. The van der Waals surface area contributed by atoms with Crippen LogP contribution in [0.25, 0.3) is 55.2 Å². The summed E-state index contributed by atoms with van der Waals surface area (Å²) in [5.41, 5.74) is -6.92. The van der Waals surface area contributed by atoms with Crippen LogP contribution < -0.4 is 46.5 Å². The first kappa shape index (κ1) is 94.8. The number of esters is 3. The van der Waals surface area contributed by atoms with Crippen LogP contribution in [0.1, 0.15) is 127 Å². The number of aromatic nitrogens is 10. The molecule has 15 rings (SSSR count). The number of aryl methyl sites for hydroxylation is 2. The summed E-state index contributed by atoms with van der Waals surface area (Å²) in [7, 11) is -4.23. The Bertz CT molecular complexity index is 6680. The number of methoxy groups -OCH3 is 2. The van der Waals surface area contributed by atoms with Crippen LogP contribution in [0.15, 0.2) is 285 Å². The van der Waals surface area contributed by atoms with Gasteiger partial charge in [-0.1, -0.05) is 179 Å². The third-order valence-electron chi connectivity index (χ3n) is 17.9. The second-order valence-corrected chi connectivity index (χ2v) is 27.5. The number of rotatable bonds is 23. The number of aromatic hydroxyl groups is 1. The van der Waals surface area contributed by atoms with E-state index in [4.69, 9.17) is 19.2 Å². The number of carbonyl (C=O) groups is 5. The molecule has 0 aliphatic rings. The fourth-order valence-corrected chi connectivity index (χ4v) is 12.3. The molecule has 656 valence electrons. The Morgan fingerprint density at radius 1 is 0.394 bits per heavy atom. The first-order chi connectivity index (χ1) is 61.2.